The number of carbonyl (C=O) groups is 2. The number of allylic oxidation sites excluding steroid dienone is 6. The molecule has 0 aromatic rings. The summed E-state index contributed by atoms with van der Waals surface area (Å²) >= 11 is 0. The summed E-state index contributed by atoms with van der Waals surface area (Å²) in [5.41, 5.74) is 0. The summed E-state index contributed by atoms with van der Waals surface area (Å²) in [6.07, 6.45) is 78.9. The molecule has 0 aromatic carbocycles. The number of hydrogen-bond acceptors (Lipinski definition) is 5. The van der Waals surface area contributed by atoms with Crippen LogP contribution in [0.3, 0.4) is 0 Å². The second-order valence-electron chi connectivity index (χ2n) is 22.4. The lowest BCUT2D eigenvalue weighted by Crippen LogP contribution is -2.45. The third kappa shape index (κ3) is 59.2. The molecule has 6 nitrogen and oxygen atoms in total. The van der Waals surface area contributed by atoms with Gasteiger partial charge in [0.25, 0.3) is 0 Å². The monoisotopic (exact) mass is 1030 g/mol. The van der Waals surface area contributed by atoms with Gasteiger partial charge in [0.05, 0.1) is 25.4 Å². The first-order chi connectivity index (χ1) is 36.0. The standard InChI is InChI=1S/C67H127NO5/c1-3-5-7-9-11-13-15-17-36-39-43-47-51-55-59-65(70)64(63-69)68-66(71)60-56-52-48-44-40-37-33-31-29-27-25-23-21-19-18-20-22-24-26-28-30-32-34-38-42-46-50-54-58-62-73-67(72)61-57-53-49-45-41-35-16-14-12-10-8-6-4-2/h14,16,18,20,24,26,64-65,69-70H,3-13,15,17,19,21-23,25,27-63H2,1-2H3,(H,68,71)/b16-14-,20-18-,26-24-. The molecule has 73 heavy (non-hydrogen) atoms. The zero-order chi connectivity index (χ0) is 52.9. The lowest BCUT2D eigenvalue weighted by Gasteiger charge is -2.22. The highest BCUT2D eigenvalue weighted by molar-refractivity contribution is 5.76. The smallest absolute Gasteiger partial charge is 0.305 e. The van der Waals surface area contributed by atoms with E-state index < -0.39 is 12.1 Å². The van der Waals surface area contributed by atoms with E-state index in [2.05, 4.69) is 55.6 Å². The Morgan fingerprint density at radius 3 is 1.07 bits per heavy atom. The van der Waals surface area contributed by atoms with Gasteiger partial charge in [0, 0.05) is 12.8 Å². The van der Waals surface area contributed by atoms with Crippen LogP contribution >= 0.6 is 0 Å². The number of amides is 1. The Kier molecular flexibility index (Phi) is 61.0. The fourth-order valence-electron chi connectivity index (χ4n) is 10.1. The van der Waals surface area contributed by atoms with Crippen molar-refractivity contribution < 1.29 is 24.5 Å². The van der Waals surface area contributed by atoms with E-state index in [1.807, 2.05) is 0 Å². The molecule has 0 bridgehead atoms. The van der Waals surface area contributed by atoms with E-state index >= 15 is 0 Å². The number of nitrogens with one attached hydrogen (secondary N) is 1. The molecule has 0 fully saturated rings. The number of ether oxygens (including phenoxy) is 1. The van der Waals surface area contributed by atoms with E-state index in [0.717, 1.165) is 51.4 Å². The molecule has 0 heterocycles. The molecule has 2 atom stereocenters. The van der Waals surface area contributed by atoms with Crippen molar-refractivity contribution in [3.8, 4) is 0 Å². The first-order valence-electron chi connectivity index (χ1n) is 32.7. The topological polar surface area (TPSA) is 95.9 Å². The van der Waals surface area contributed by atoms with Crippen molar-refractivity contribution in [3.05, 3.63) is 36.5 Å². The number of carbonyl (C=O) groups excluding carboxylic acids is 2. The van der Waals surface area contributed by atoms with Crippen LogP contribution < -0.4 is 5.32 Å². The Labute approximate surface area is 455 Å². The van der Waals surface area contributed by atoms with Gasteiger partial charge in [-0.2, -0.15) is 0 Å². The maximum absolute atomic E-state index is 12.5. The van der Waals surface area contributed by atoms with Crippen molar-refractivity contribution in [3.63, 3.8) is 0 Å². The minimum atomic E-state index is -0.665. The summed E-state index contributed by atoms with van der Waals surface area (Å²) < 4.78 is 5.47. The van der Waals surface area contributed by atoms with Crippen molar-refractivity contribution >= 4 is 11.9 Å². The van der Waals surface area contributed by atoms with E-state index in [1.165, 1.54) is 270 Å². The van der Waals surface area contributed by atoms with E-state index in [0.29, 0.717) is 25.9 Å². The Hall–Kier alpha value is -1.92. The Balaban J connectivity index is 3.40. The normalized spacial score (nSPS) is 12.8. The molecule has 0 spiro atoms. The molecule has 0 aliphatic heterocycles. The van der Waals surface area contributed by atoms with E-state index in [9.17, 15) is 19.8 Å². The number of esters is 1. The number of aliphatic hydroxyl groups is 2. The minimum Gasteiger partial charge on any atom is -0.466 e. The molecule has 0 saturated heterocycles. The Morgan fingerprint density at radius 2 is 0.685 bits per heavy atom. The largest absolute Gasteiger partial charge is 0.466 e. The molecule has 3 N–H and O–H groups in total. The summed E-state index contributed by atoms with van der Waals surface area (Å²) in [4.78, 5) is 24.5. The lowest BCUT2D eigenvalue weighted by atomic mass is 10.0. The van der Waals surface area contributed by atoms with E-state index in [4.69, 9.17) is 4.74 Å². The maximum atomic E-state index is 12.5. The highest BCUT2D eigenvalue weighted by Gasteiger charge is 2.20. The quantitative estimate of drug-likeness (QED) is 0.0320. The van der Waals surface area contributed by atoms with E-state index in [-0.39, 0.29) is 18.5 Å². The van der Waals surface area contributed by atoms with Gasteiger partial charge in [-0.05, 0) is 83.5 Å². The first-order valence-corrected chi connectivity index (χ1v) is 32.7. The van der Waals surface area contributed by atoms with Crippen LogP contribution in [-0.2, 0) is 14.3 Å². The first kappa shape index (κ1) is 71.1. The third-order valence-corrected chi connectivity index (χ3v) is 15.2. The second-order valence-corrected chi connectivity index (χ2v) is 22.4. The number of unbranched alkanes of at least 4 members (excludes halogenated alkanes) is 44. The molecule has 1 amide bonds. The fourth-order valence-corrected chi connectivity index (χ4v) is 10.1. The summed E-state index contributed by atoms with van der Waals surface area (Å²) in [5, 5.41) is 23.3. The van der Waals surface area contributed by atoms with Crippen molar-refractivity contribution in [2.24, 2.45) is 0 Å². The predicted octanol–water partition coefficient (Wildman–Crippen LogP) is 20.8. The summed E-state index contributed by atoms with van der Waals surface area (Å²) in [5.74, 6) is -0.0317. The van der Waals surface area contributed by atoms with Crippen LogP contribution in [0.25, 0.3) is 0 Å². The van der Waals surface area contributed by atoms with Gasteiger partial charge in [-0.25, -0.2) is 0 Å². The average molecular weight is 1030 g/mol. The number of rotatable bonds is 61. The van der Waals surface area contributed by atoms with Gasteiger partial charge in [0.1, 0.15) is 0 Å². The highest BCUT2D eigenvalue weighted by Crippen LogP contribution is 2.18. The molecule has 0 radical (unpaired) electrons. The van der Waals surface area contributed by atoms with Crippen LogP contribution in [0, 0.1) is 0 Å². The molecular formula is C67H127NO5. The SMILES string of the molecule is CCCCCC/C=C\CCCCCCCC(=O)OCCCCCCCCCCC/C=C\C/C=C\CCCCCCCCCCCCCCCC(=O)NC(CO)C(O)CCCCCCCCCCCCCCCC. The summed E-state index contributed by atoms with van der Waals surface area (Å²) in [6, 6.07) is -0.542. The highest BCUT2D eigenvalue weighted by atomic mass is 16.5. The predicted molar refractivity (Wildman–Crippen MR) is 319 cm³/mol. The third-order valence-electron chi connectivity index (χ3n) is 15.2. The number of aliphatic hydroxyl groups excluding tert-OH is 2. The van der Waals surface area contributed by atoms with Crippen LogP contribution in [0.4, 0.5) is 0 Å². The van der Waals surface area contributed by atoms with Gasteiger partial charge >= 0.3 is 5.97 Å². The molecule has 0 aliphatic carbocycles. The zero-order valence-corrected chi connectivity index (χ0v) is 49.1. The maximum Gasteiger partial charge on any atom is 0.305 e. The van der Waals surface area contributed by atoms with Gasteiger partial charge in [-0.15, -0.1) is 0 Å². The summed E-state index contributed by atoms with van der Waals surface area (Å²) in [6.45, 7) is 4.95. The molecule has 0 aliphatic rings. The average Bonchev–Trinajstić information content (AvgIpc) is 3.39. The van der Waals surface area contributed by atoms with Gasteiger partial charge in [0.2, 0.25) is 5.91 Å². The van der Waals surface area contributed by atoms with Gasteiger partial charge < -0.3 is 20.3 Å². The van der Waals surface area contributed by atoms with Crippen molar-refractivity contribution in [2.45, 2.75) is 366 Å². The van der Waals surface area contributed by atoms with Crippen LogP contribution in [0.1, 0.15) is 354 Å². The van der Waals surface area contributed by atoms with Crippen LogP contribution in [0.5, 0.6) is 0 Å². The molecule has 430 valence electrons. The molecule has 0 rings (SSSR count). The van der Waals surface area contributed by atoms with Crippen molar-refractivity contribution in [2.75, 3.05) is 13.2 Å². The van der Waals surface area contributed by atoms with Crippen LogP contribution in [0.15, 0.2) is 36.5 Å². The zero-order valence-electron chi connectivity index (χ0n) is 49.1. The fraction of sp³-hybridized carbons (Fsp3) is 0.881. The molecule has 0 aromatic heterocycles. The van der Waals surface area contributed by atoms with Crippen molar-refractivity contribution in [1.29, 1.82) is 0 Å². The minimum absolute atomic E-state index is 0.00280. The van der Waals surface area contributed by atoms with E-state index in [1.54, 1.807) is 0 Å². The Bertz CT molecular complexity index is 1180. The molecule has 0 saturated carbocycles. The van der Waals surface area contributed by atoms with Crippen LogP contribution in [-0.4, -0.2) is 47.4 Å². The Morgan fingerprint density at radius 1 is 0.384 bits per heavy atom. The molecule has 2 unspecified atom stereocenters. The van der Waals surface area contributed by atoms with Gasteiger partial charge in [-0.1, -0.05) is 294 Å². The van der Waals surface area contributed by atoms with Crippen molar-refractivity contribution in [1.82, 2.24) is 5.32 Å². The number of hydrogen-bond donors (Lipinski definition) is 3. The second kappa shape index (κ2) is 62.6. The lowest BCUT2D eigenvalue weighted by molar-refractivity contribution is -0.143. The summed E-state index contributed by atoms with van der Waals surface area (Å²) in [7, 11) is 0. The van der Waals surface area contributed by atoms with Gasteiger partial charge in [-0.3, -0.25) is 9.59 Å². The van der Waals surface area contributed by atoms with Gasteiger partial charge in [0.15, 0.2) is 0 Å². The molecule has 6 heteroatoms. The van der Waals surface area contributed by atoms with Crippen LogP contribution in [0.2, 0.25) is 0 Å². The molecular weight excluding hydrogens is 899 g/mol.